The van der Waals surface area contributed by atoms with Crippen LogP contribution in [-0.4, -0.2) is 35.9 Å². The molecule has 1 saturated heterocycles. The van der Waals surface area contributed by atoms with Gasteiger partial charge in [0.15, 0.2) is 0 Å². The third-order valence-corrected chi connectivity index (χ3v) is 11.2. The largest absolute Gasteiger partial charge is 0.379 e. The smallest absolute Gasteiger partial charge is 0.120 e. The Morgan fingerprint density at radius 3 is 2.32 bits per heavy atom. The number of fused-ring (bicyclic) bond motifs is 5. The highest BCUT2D eigenvalue weighted by Crippen LogP contribution is 2.66. The quantitative estimate of drug-likeness (QED) is 0.115. The van der Waals surface area contributed by atoms with E-state index in [1.54, 1.807) is 5.57 Å². The monoisotopic (exact) mass is 575 g/mol. The zero-order chi connectivity index (χ0) is 30.8. The molecule has 4 N–H and O–H groups in total. The summed E-state index contributed by atoms with van der Waals surface area (Å²) in [5, 5.41) is 19.2. The fourth-order valence-corrected chi connectivity index (χ4v) is 8.89. The molecule has 3 saturated carbocycles. The predicted molar refractivity (Wildman–Crippen MR) is 170 cm³/mol. The summed E-state index contributed by atoms with van der Waals surface area (Å²) in [6.45, 7) is 19.3. The maximum Gasteiger partial charge on any atom is 0.120 e. The van der Waals surface area contributed by atoms with Crippen LogP contribution in [-0.2, 0) is 4.79 Å². The van der Waals surface area contributed by atoms with Crippen molar-refractivity contribution in [1.29, 1.82) is 5.41 Å². The number of halogens is 1. The SMILES string of the molecule is C=C1C=C2CCC3C(CCC4(C)C(C(C)=N)CCC34)C2(C)CC1.CC(C)CC=O.CCC1CCC(C)N1.OCNF. The van der Waals surface area contributed by atoms with Crippen molar-refractivity contribution in [3.63, 3.8) is 0 Å². The molecule has 4 fully saturated rings. The molecule has 8 unspecified atom stereocenters. The van der Waals surface area contributed by atoms with Crippen LogP contribution in [0.3, 0.4) is 0 Å². The Bertz CT molecular complexity index is 887. The summed E-state index contributed by atoms with van der Waals surface area (Å²) >= 11 is 0. The minimum Gasteiger partial charge on any atom is -0.379 e. The molecule has 6 heteroatoms. The first-order chi connectivity index (χ1) is 19.4. The van der Waals surface area contributed by atoms with Gasteiger partial charge in [-0.25, -0.2) is 0 Å². The summed E-state index contributed by atoms with van der Waals surface area (Å²) in [6, 6.07) is 1.60. The zero-order valence-corrected chi connectivity index (χ0v) is 27.3. The number of aldehydes is 1. The second kappa shape index (κ2) is 16.5. The molecule has 4 aliphatic carbocycles. The summed E-state index contributed by atoms with van der Waals surface area (Å²) in [7, 11) is 0. The molecule has 1 aliphatic heterocycles. The van der Waals surface area contributed by atoms with Gasteiger partial charge >= 0.3 is 0 Å². The highest BCUT2D eigenvalue weighted by Gasteiger charge is 2.58. The van der Waals surface area contributed by atoms with Crippen LogP contribution in [0, 0.1) is 45.8 Å². The Morgan fingerprint density at radius 2 is 1.85 bits per heavy atom. The maximum absolute atomic E-state index is 10.2. The summed E-state index contributed by atoms with van der Waals surface area (Å²) in [5.41, 5.74) is 5.88. The summed E-state index contributed by atoms with van der Waals surface area (Å²) < 4.78 is 10.2. The van der Waals surface area contributed by atoms with Crippen LogP contribution in [0.4, 0.5) is 4.48 Å². The number of carbonyl (C=O) groups excluding carboxylic acids is 1. The number of hydrogen-bond donors (Lipinski definition) is 4. The van der Waals surface area contributed by atoms with E-state index < -0.39 is 6.73 Å². The molecule has 8 atom stereocenters. The molecular formula is C35H62FN3O2. The molecule has 41 heavy (non-hydrogen) atoms. The van der Waals surface area contributed by atoms with Crippen molar-refractivity contribution in [2.24, 2.45) is 40.4 Å². The van der Waals surface area contributed by atoms with Gasteiger partial charge in [0.2, 0.25) is 0 Å². The molecule has 0 aromatic rings. The molecule has 0 radical (unpaired) electrons. The average molecular weight is 576 g/mol. The Hall–Kier alpha value is -1.37. The molecular weight excluding hydrogens is 513 g/mol. The van der Waals surface area contributed by atoms with Gasteiger partial charge in [-0.1, -0.05) is 58.4 Å². The van der Waals surface area contributed by atoms with Crippen LogP contribution in [0.15, 0.2) is 23.8 Å². The first-order valence-corrected chi connectivity index (χ1v) is 16.5. The van der Waals surface area contributed by atoms with Gasteiger partial charge in [0, 0.05) is 30.1 Å². The lowest BCUT2D eigenvalue weighted by molar-refractivity contribution is -0.108. The number of nitrogens with one attached hydrogen (secondary N) is 3. The number of allylic oxidation sites excluding steroid dienone is 3. The highest BCUT2D eigenvalue weighted by molar-refractivity contribution is 5.82. The van der Waals surface area contributed by atoms with Gasteiger partial charge in [0.25, 0.3) is 0 Å². The molecule has 0 bridgehead atoms. The van der Waals surface area contributed by atoms with Crippen molar-refractivity contribution in [2.45, 2.75) is 138 Å². The van der Waals surface area contributed by atoms with Gasteiger partial charge in [-0.15, -0.1) is 10.0 Å². The Morgan fingerprint density at radius 1 is 1.17 bits per heavy atom. The minimum atomic E-state index is -0.597. The fraction of sp³-hybridized carbons (Fsp3) is 0.829. The number of rotatable bonds is 5. The molecule has 0 aromatic carbocycles. The van der Waals surface area contributed by atoms with E-state index in [0.29, 0.717) is 29.1 Å². The van der Waals surface area contributed by atoms with Crippen molar-refractivity contribution in [1.82, 2.24) is 10.9 Å². The van der Waals surface area contributed by atoms with Crippen LogP contribution in [0.2, 0.25) is 0 Å². The first kappa shape index (κ1) is 35.8. The van der Waals surface area contributed by atoms with Crippen LogP contribution >= 0.6 is 0 Å². The molecule has 0 amide bonds. The number of aliphatic hydroxyl groups is 1. The van der Waals surface area contributed by atoms with E-state index in [1.165, 1.54) is 76.2 Å². The number of carbonyl (C=O) groups is 1. The molecule has 0 aromatic heterocycles. The lowest BCUT2D eigenvalue weighted by Crippen LogP contribution is -2.50. The van der Waals surface area contributed by atoms with Gasteiger partial charge in [-0.3, -0.25) is 0 Å². The van der Waals surface area contributed by atoms with Gasteiger partial charge in [-0.05, 0) is 119 Å². The van der Waals surface area contributed by atoms with E-state index in [4.69, 9.17) is 10.5 Å². The van der Waals surface area contributed by atoms with E-state index >= 15 is 0 Å². The fourth-order valence-electron chi connectivity index (χ4n) is 8.89. The van der Waals surface area contributed by atoms with Crippen molar-refractivity contribution in [3.05, 3.63) is 23.8 Å². The lowest BCUT2D eigenvalue weighted by atomic mass is 9.46. The second-order valence-electron chi connectivity index (χ2n) is 14.4. The van der Waals surface area contributed by atoms with Crippen molar-refractivity contribution < 1.29 is 14.4 Å². The minimum absolute atomic E-state index is 0.419. The number of aliphatic hydroxyl groups excluding tert-OH is 1. The van der Waals surface area contributed by atoms with Crippen molar-refractivity contribution >= 4 is 12.0 Å². The summed E-state index contributed by atoms with van der Waals surface area (Å²) in [4.78, 5) is 9.62. The summed E-state index contributed by atoms with van der Waals surface area (Å²) in [5.74, 6) is 3.76. The first-order valence-electron chi connectivity index (χ1n) is 16.5. The predicted octanol–water partition coefficient (Wildman–Crippen LogP) is 8.34. The van der Waals surface area contributed by atoms with Gasteiger partial charge < -0.3 is 20.6 Å². The normalized spacial score (nSPS) is 37.0. The molecule has 5 aliphatic rings. The van der Waals surface area contributed by atoms with E-state index in [0.717, 1.165) is 47.4 Å². The van der Waals surface area contributed by atoms with E-state index in [1.807, 2.05) is 13.8 Å². The van der Waals surface area contributed by atoms with E-state index in [9.17, 15) is 9.28 Å². The van der Waals surface area contributed by atoms with Crippen LogP contribution in [0.5, 0.6) is 0 Å². The topological polar surface area (TPSA) is 85.2 Å². The van der Waals surface area contributed by atoms with Crippen LogP contribution in [0.1, 0.15) is 126 Å². The molecule has 5 rings (SSSR count). The van der Waals surface area contributed by atoms with Gasteiger partial charge in [-0.2, -0.15) is 0 Å². The number of hydrogen-bond acceptors (Lipinski definition) is 5. The van der Waals surface area contributed by atoms with Gasteiger partial charge in [0.05, 0.1) is 0 Å². The molecule has 1 heterocycles. The Balaban J connectivity index is 0.000000268. The molecule has 236 valence electrons. The second-order valence-corrected chi connectivity index (χ2v) is 14.4. The van der Waals surface area contributed by atoms with Crippen molar-refractivity contribution in [2.75, 3.05) is 6.73 Å². The summed E-state index contributed by atoms with van der Waals surface area (Å²) in [6.07, 6.45) is 18.8. The van der Waals surface area contributed by atoms with Crippen molar-refractivity contribution in [3.8, 4) is 0 Å². The molecule has 0 spiro atoms. The Labute approximate surface area is 251 Å². The maximum atomic E-state index is 10.2. The molecule has 5 nitrogen and oxygen atoms in total. The van der Waals surface area contributed by atoms with E-state index in [2.05, 4.69) is 52.6 Å². The van der Waals surface area contributed by atoms with Crippen LogP contribution < -0.4 is 10.9 Å². The van der Waals surface area contributed by atoms with E-state index in [-0.39, 0.29) is 0 Å². The highest BCUT2D eigenvalue weighted by atomic mass is 19.2. The van der Waals surface area contributed by atoms with Crippen LogP contribution in [0.25, 0.3) is 0 Å². The Kier molecular flexibility index (Phi) is 14.4. The standard InChI is InChI=1S/C22H33N.C7H15N.C5H10O.CH4FNO/c1-14-9-11-21(3)16(13-14)5-6-17-19-8-7-18(15(2)23)22(19,4)12-10-20(17)21;1-3-7-5-4-6(2)8-7;1-5(2)3-4-6;2-3-1-4/h13,17-20,23H,1,5-12H2,2-4H3;6-8H,3-5H2,1-2H3;4-5H,3H2,1-2H3;3-4H,1H2. The lowest BCUT2D eigenvalue weighted by Gasteiger charge is -2.58. The third-order valence-electron chi connectivity index (χ3n) is 11.2. The van der Waals surface area contributed by atoms with Gasteiger partial charge in [0.1, 0.15) is 13.0 Å². The average Bonchev–Trinajstić information content (AvgIpc) is 3.52. The third kappa shape index (κ3) is 9.06. The zero-order valence-electron chi connectivity index (χ0n) is 27.3.